The molecule has 4 heteroatoms. The predicted octanol–water partition coefficient (Wildman–Crippen LogP) is 1.97. The summed E-state index contributed by atoms with van der Waals surface area (Å²) >= 11 is 0. The van der Waals surface area contributed by atoms with Crippen LogP contribution in [0.2, 0.25) is 0 Å². The Morgan fingerprint density at radius 2 is 2.05 bits per heavy atom. The van der Waals surface area contributed by atoms with Gasteiger partial charge in [-0.3, -0.25) is 4.79 Å². The van der Waals surface area contributed by atoms with E-state index in [0.717, 1.165) is 13.0 Å². The van der Waals surface area contributed by atoms with E-state index in [0.29, 0.717) is 19.8 Å². The first kappa shape index (κ1) is 14.8. The number of carbonyl (C=O) groups excluding carboxylic acids is 1. The third kappa shape index (κ3) is 4.18. The fourth-order valence-corrected chi connectivity index (χ4v) is 2.20. The Balaban J connectivity index is 1.81. The molecule has 1 aliphatic rings. The second kappa shape index (κ2) is 7.82. The number of benzene rings is 1. The van der Waals surface area contributed by atoms with Gasteiger partial charge in [0.1, 0.15) is 6.61 Å². The Labute approximate surface area is 120 Å². The second-order valence-electron chi connectivity index (χ2n) is 4.73. The van der Waals surface area contributed by atoms with E-state index < -0.39 is 0 Å². The molecule has 20 heavy (non-hydrogen) atoms. The van der Waals surface area contributed by atoms with Crippen molar-refractivity contribution in [1.82, 2.24) is 4.90 Å². The minimum atomic E-state index is 0.0458. The van der Waals surface area contributed by atoms with Gasteiger partial charge >= 0.3 is 0 Å². The Morgan fingerprint density at radius 1 is 1.25 bits per heavy atom. The molecule has 0 N–H and O–H groups in total. The van der Waals surface area contributed by atoms with E-state index in [1.807, 2.05) is 23.1 Å². The normalized spacial score (nSPS) is 15.1. The molecule has 0 fully saturated rings. The zero-order chi connectivity index (χ0) is 14.2. The van der Waals surface area contributed by atoms with Crippen LogP contribution in [0.15, 0.2) is 36.4 Å². The van der Waals surface area contributed by atoms with Gasteiger partial charge in [0, 0.05) is 20.2 Å². The predicted molar refractivity (Wildman–Crippen MR) is 78.3 cm³/mol. The number of methoxy groups -OCH3 is 1. The van der Waals surface area contributed by atoms with Crippen LogP contribution in [0.3, 0.4) is 0 Å². The van der Waals surface area contributed by atoms with Crippen LogP contribution in [0.1, 0.15) is 12.0 Å². The molecular formula is C16H21NO3. The van der Waals surface area contributed by atoms with Gasteiger partial charge in [0.25, 0.3) is 0 Å². The number of nitrogens with zero attached hydrogens (tertiary/aromatic N) is 1. The lowest BCUT2D eigenvalue weighted by molar-refractivity contribution is -0.136. The standard InChI is InChI=1S/C16H21NO3/c1-19-11-12-20-13-16(18)17-9-7-15(8-10-17)14-5-3-2-4-6-14/h2-7H,8-13H2,1H3. The van der Waals surface area contributed by atoms with Crippen LogP contribution in [0.4, 0.5) is 0 Å². The molecule has 1 aromatic carbocycles. The molecule has 0 spiro atoms. The first-order valence-corrected chi connectivity index (χ1v) is 6.90. The molecular weight excluding hydrogens is 254 g/mol. The van der Waals surface area contributed by atoms with Gasteiger partial charge in [0.15, 0.2) is 0 Å². The van der Waals surface area contributed by atoms with Crippen molar-refractivity contribution in [3.63, 3.8) is 0 Å². The third-order valence-electron chi connectivity index (χ3n) is 3.36. The average Bonchev–Trinajstić information content (AvgIpc) is 2.52. The molecule has 1 aliphatic heterocycles. The number of amides is 1. The maximum Gasteiger partial charge on any atom is 0.248 e. The summed E-state index contributed by atoms with van der Waals surface area (Å²) in [4.78, 5) is 13.8. The minimum Gasteiger partial charge on any atom is -0.382 e. The summed E-state index contributed by atoms with van der Waals surface area (Å²) in [5.41, 5.74) is 2.56. The number of ether oxygens (including phenoxy) is 2. The molecule has 0 saturated carbocycles. The highest BCUT2D eigenvalue weighted by Crippen LogP contribution is 2.21. The van der Waals surface area contributed by atoms with Gasteiger partial charge in [-0.15, -0.1) is 0 Å². The topological polar surface area (TPSA) is 38.8 Å². The lowest BCUT2D eigenvalue weighted by atomic mass is 10.00. The van der Waals surface area contributed by atoms with E-state index in [9.17, 15) is 4.79 Å². The lowest BCUT2D eigenvalue weighted by Gasteiger charge is -2.26. The molecule has 0 unspecified atom stereocenters. The highest BCUT2D eigenvalue weighted by Gasteiger charge is 2.17. The van der Waals surface area contributed by atoms with Gasteiger partial charge in [-0.25, -0.2) is 0 Å². The van der Waals surface area contributed by atoms with Gasteiger partial charge in [0.2, 0.25) is 5.91 Å². The van der Waals surface area contributed by atoms with Crippen molar-refractivity contribution in [2.24, 2.45) is 0 Å². The van der Waals surface area contributed by atoms with E-state index in [1.54, 1.807) is 7.11 Å². The molecule has 4 nitrogen and oxygen atoms in total. The summed E-state index contributed by atoms with van der Waals surface area (Å²) in [7, 11) is 1.62. The second-order valence-corrected chi connectivity index (χ2v) is 4.73. The maximum absolute atomic E-state index is 11.9. The van der Waals surface area contributed by atoms with E-state index in [-0.39, 0.29) is 12.5 Å². The molecule has 0 radical (unpaired) electrons. The van der Waals surface area contributed by atoms with Crippen molar-refractivity contribution in [2.75, 3.05) is 40.0 Å². The Bertz CT molecular complexity index is 456. The molecule has 0 bridgehead atoms. The number of carbonyl (C=O) groups is 1. The molecule has 108 valence electrons. The Kier molecular flexibility index (Phi) is 5.77. The monoisotopic (exact) mass is 275 g/mol. The molecule has 1 heterocycles. The van der Waals surface area contributed by atoms with Crippen LogP contribution in [-0.4, -0.2) is 50.8 Å². The van der Waals surface area contributed by atoms with Gasteiger partial charge in [0.05, 0.1) is 13.2 Å². The fraction of sp³-hybridized carbons (Fsp3) is 0.438. The van der Waals surface area contributed by atoms with Crippen LogP contribution in [0.25, 0.3) is 5.57 Å². The number of hydrogen-bond donors (Lipinski definition) is 0. The van der Waals surface area contributed by atoms with E-state index in [4.69, 9.17) is 9.47 Å². The molecule has 1 aromatic rings. The van der Waals surface area contributed by atoms with Crippen molar-refractivity contribution in [3.8, 4) is 0 Å². The first-order valence-electron chi connectivity index (χ1n) is 6.90. The SMILES string of the molecule is COCCOCC(=O)N1CC=C(c2ccccc2)CC1. The summed E-state index contributed by atoms with van der Waals surface area (Å²) in [6.07, 6.45) is 3.03. The summed E-state index contributed by atoms with van der Waals surface area (Å²) in [6, 6.07) is 10.3. The van der Waals surface area contributed by atoms with Crippen molar-refractivity contribution in [3.05, 3.63) is 42.0 Å². The molecule has 0 atom stereocenters. The zero-order valence-corrected chi connectivity index (χ0v) is 11.9. The third-order valence-corrected chi connectivity index (χ3v) is 3.36. The highest BCUT2D eigenvalue weighted by molar-refractivity contribution is 5.79. The van der Waals surface area contributed by atoms with Gasteiger partial charge in [-0.1, -0.05) is 36.4 Å². The molecule has 0 aliphatic carbocycles. The van der Waals surface area contributed by atoms with E-state index in [1.165, 1.54) is 11.1 Å². The molecule has 1 amide bonds. The quantitative estimate of drug-likeness (QED) is 0.745. The number of hydrogen-bond acceptors (Lipinski definition) is 3. The smallest absolute Gasteiger partial charge is 0.248 e. The van der Waals surface area contributed by atoms with Gasteiger partial charge < -0.3 is 14.4 Å². The first-order chi connectivity index (χ1) is 9.81. The average molecular weight is 275 g/mol. The summed E-state index contributed by atoms with van der Waals surface area (Å²) in [5, 5.41) is 0. The molecule has 2 rings (SSSR count). The van der Waals surface area contributed by atoms with E-state index in [2.05, 4.69) is 18.2 Å². The van der Waals surface area contributed by atoms with Crippen LogP contribution >= 0.6 is 0 Å². The van der Waals surface area contributed by atoms with E-state index >= 15 is 0 Å². The Morgan fingerprint density at radius 3 is 2.70 bits per heavy atom. The largest absolute Gasteiger partial charge is 0.382 e. The van der Waals surface area contributed by atoms with Crippen molar-refractivity contribution >= 4 is 11.5 Å². The fourth-order valence-electron chi connectivity index (χ4n) is 2.20. The Hall–Kier alpha value is -1.65. The van der Waals surface area contributed by atoms with Gasteiger partial charge in [-0.05, 0) is 17.6 Å². The van der Waals surface area contributed by atoms with Crippen molar-refractivity contribution in [1.29, 1.82) is 0 Å². The number of rotatable bonds is 6. The van der Waals surface area contributed by atoms with Crippen LogP contribution < -0.4 is 0 Å². The molecule has 0 saturated heterocycles. The maximum atomic E-state index is 11.9. The van der Waals surface area contributed by atoms with Crippen molar-refractivity contribution in [2.45, 2.75) is 6.42 Å². The zero-order valence-electron chi connectivity index (χ0n) is 11.9. The summed E-state index contributed by atoms with van der Waals surface area (Å²) in [5.74, 6) is 0.0458. The van der Waals surface area contributed by atoms with Crippen LogP contribution in [0, 0.1) is 0 Å². The molecule has 0 aromatic heterocycles. The summed E-state index contributed by atoms with van der Waals surface area (Å²) < 4.78 is 10.1. The lowest BCUT2D eigenvalue weighted by Crippen LogP contribution is -2.37. The van der Waals surface area contributed by atoms with Crippen molar-refractivity contribution < 1.29 is 14.3 Å². The van der Waals surface area contributed by atoms with Gasteiger partial charge in [-0.2, -0.15) is 0 Å². The van der Waals surface area contributed by atoms with Crippen LogP contribution in [-0.2, 0) is 14.3 Å². The van der Waals surface area contributed by atoms with Crippen LogP contribution in [0.5, 0.6) is 0 Å². The minimum absolute atomic E-state index is 0.0458. The highest BCUT2D eigenvalue weighted by atomic mass is 16.5. The summed E-state index contributed by atoms with van der Waals surface area (Å²) in [6.45, 7) is 2.54.